The van der Waals surface area contributed by atoms with Crippen molar-refractivity contribution in [2.45, 2.75) is 25.9 Å². The summed E-state index contributed by atoms with van der Waals surface area (Å²) < 4.78 is 5.85. The van der Waals surface area contributed by atoms with Gasteiger partial charge in [0.25, 0.3) is 0 Å². The van der Waals surface area contributed by atoms with Crippen molar-refractivity contribution in [1.82, 2.24) is 5.32 Å². The van der Waals surface area contributed by atoms with Crippen LogP contribution in [-0.4, -0.2) is 12.5 Å². The van der Waals surface area contributed by atoms with E-state index in [1.165, 1.54) is 11.1 Å². The van der Waals surface area contributed by atoms with Crippen molar-refractivity contribution in [3.63, 3.8) is 0 Å². The Balaban J connectivity index is 1.62. The molecule has 108 valence electrons. The first-order valence-electron chi connectivity index (χ1n) is 7.26. The number of benzene rings is 2. The number of hydrogen-bond acceptors (Lipinski definition) is 2. The number of fused-ring (bicyclic) bond motifs is 1. The lowest BCUT2D eigenvalue weighted by Gasteiger charge is -2.30. The molecule has 1 amide bonds. The minimum absolute atomic E-state index is 0.0277. The summed E-state index contributed by atoms with van der Waals surface area (Å²) in [4.78, 5) is 11.0. The third-order valence-electron chi connectivity index (χ3n) is 3.87. The first-order valence-corrected chi connectivity index (χ1v) is 7.26. The molecule has 0 bridgehead atoms. The summed E-state index contributed by atoms with van der Waals surface area (Å²) in [6.07, 6.45) is 1.04. The number of hydrogen-bond donors (Lipinski definition) is 1. The van der Waals surface area contributed by atoms with Gasteiger partial charge in [-0.05, 0) is 35.2 Å². The van der Waals surface area contributed by atoms with Gasteiger partial charge in [0.05, 0.1) is 0 Å². The lowest BCUT2D eigenvalue weighted by atomic mass is 9.77. The molecule has 1 N–H and O–H groups in total. The number of ether oxygens (including phenoxy) is 1. The van der Waals surface area contributed by atoms with Crippen molar-refractivity contribution < 1.29 is 9.53 Å². The van der Waals surface area contributed by atoms with Crippen molar-refractivity contribution in [3.8, 4) is 5.75 Å². The van der Waals surface area contributed by atoms with Crippen LogP contribution < -0.4 is 10.1 Å². The fourth-order valence-electron chi connectivity index (χ4n) is 2.66. The SMILES string of the molecule is CC(=O)NCC1Cc2ccc(OCc3ccccc3)cc21. The Bertz CT molecular complexity index is 637. The van der Waals surface area contributed by atoms with Gasteiger partial charge in [0.1, 0.15) is 12.4 Å². The van der Waals surface area contributed by atoms with Crippen LogP contribution >= 0.6 is 0 Å². The van der Waals surface area contributed by atoms with Crippen LogP contribution in [0.3, 0.4) is 0 Å². The summed E-state index contributed by atoms with van der Waals surface area (Å²) in [6, 6.07) is 16.4. The topological polar surface area (TPSA) is 38.3 Å². The summed E-state index contributed by atoms with van der Waals surface area (Å²) in [6.45, 7) is 2.85. The monoisotopic (exact) mass is 281 g/mol. The van der Waals surface area contributed by atoms with E-state index in [9.17, 15) is 4.79 Å². The van der Waals surface area contributed by atoms with Gasteiger partial charge in [0, 0.05) is 19.4 Å². The predicted octanol–water partition coefficient (Wildman–Crippen LogP) is 3.04. The number of rotatable bonds is 5. The number of amides is 1. The summed E-state index contributed by atoms with van der Waals surface area (Å²) >= 11 is 0. The van der Waals surface area contributed by atoms with E-state index in [1.54, 1.807) is 6.92 Å². The van der Waals surface area contributed by atoms with Crippen LogP contribution in [0.25, 0.3) is 0 Å². The zero-order valence-corrected chi connectivity index (χ0v) is 12.1. The molecule has 3 nitrogen and oxygen atoms in total. The molecule has 21 heavy (non-hydrogen) atoms. The third kappa shape index (κ3) is 3.24. The Hall–Kier alpha value is -2.29. The molecule has 1 unspecified atom stereocenters. The van der Waals surface area contributed by atoms with Crippen molar-refractivity contribution in [2.24, 2.45) is 0 Å². The molecule has 2 aromatic carbocycles. The molecule has 0 heterocycles. The van der Waals surface area contributed by atoms with Gasteiger partial charge in [-0.15, -0.1) is 0 Å². The van der Waals surface area contributed by atoms with Crippen LogP contribution in [0, 0.1) is 0 Å². The molecular weight excluding hydrogens is 262 g/mol. The van der Waals surface area contributed by atoms with Gasteiger partial charge < -0.3 is 10.1 Å². The summed E-state index contributed by atoms with van der Waals surface area (Å²) in [5.41, 5.74) is 3.82. The average Bonchev–Trinajstić information content (AvgIpc) is 2.47. The molecule has 3 rings (SSSR count). The normalized spacial score (nSPS) is 15.8. The molecule has 0 fully saturated rings. The third-order valence-corrected chi connectivity index (χ3v) is 3.87. The fraction of sp³-hybridized carbons (Fsp3) is 0.278. The lowest BCUT2D eigenvalue weighted by molar-refractivity contribution is -0.119. The lowest BCUT2D eigenvalue weighted by Crippen LogP contribution is -2.31. The molecule has 0 aromatic heterocycles. The van der Waals surface area contributed by atoms with Crippen molar-refractivity contribution >= 4 is 5.91 Å². The maximum absolute atomic E-state index is 11.0. The van der Waals surface area contributed by atoms with Crippen molar-refractivity contribution in [1.29, 1.82) is 0 Å². The van der Waals surface area contributed by atoms with Crippen LogP contribution in [0.4, 0.5) is 0 Å². The molecule has 1 aliphatic rings. The maximum Gasteiger partial charge on any atom is 0.216 e. The highest BCUT2D eigenvalue weighted by Gasteiger charge is 2.26. The second kappa shape index (κ2) is 6.00. The van der Waals surface area contributed by atoms with Crippen LogP contribution in [0.1, 0.15) is 29.5 Å². The van der Waals surface area contributed by atoms with E-state index >= 15 is 0 Å². The second-order valence-electron chi connectivity index (χ2n) is 5.47. The Morgan fingerprint density at radius 1 is 1.24 bits per heavy atom. The number of carbonyl (C=O) groups is 1. The number of carbonyl (C=O) groups excluding carboxylic acids is 1. The molecule has 0 saturated carbocycles. The van der Waals surface area contributed by atoms with E-state index < -0.39 is 0 Å². The zero-order chi connectivity index (χ0) is 14.7. The molecule has 0 saturated heterocycles. The highest BCUT2D eigenvalue weighted by atomic mass is 16.5. The molecule has 0 radical (unpaired) electrons. The molecule has 2 aromatic rings. The Morgan fingerprint density at radius 3 is 2.81 bits per heavy atom. The smallest absolute Gasteiger partial charge is 0.216 e. The van der Waals surface area contributed by atoms with Crippen LogP contribution in [0.15, 0.2) is 48.5 Å². The second-order valence-corrected chi connectivity index (χ2v) is 5.47. The largest absolute Gasteiger partial charge is 0.489 e. The fourth-order valence-corrected chi connectivity index (χ4v) is 2.66. The summed E-state index contributed by atoms with van der Waals surface area (Å²) in [5.74, 6) is 1.34. The van der Waals surface area contributed by atoms with E-state index in [-0.39, 0.29) is 5.91 Å². The number of nitrogens with one attached hydrogen (secondary N) is 1. The molecule has 0 spiro atoms. The summed E-state index contributed by atoms with van der Waals surface area (Å²) in [5, 5.41) is 2.89. The van der Waals surface area contributed by atoms with E-state index in [2.05, 4.69) is 29.6 Å². The van der Waals surface area contributed by atoms with Crippen LogP contribution in [-0.2, 0) is 17.8 Å². The Kier molecular flexibility index (Phi) is 3.91. The van der Waals surface area contributed by atoms with Gasteiger partial charge in [0.15, 0.2) is 0 Å². The van der Waals surface area contributed by atoms with Gasteiger partial charge in [0.2, 0.25) is 5.91 Å². The Labute approximate surface area is 124 Å². The van der Waals surface area contributed by atoms with Gasteiger partial charge in [-0.3, -0.25) is 4.79 Å². The van der Waals surface area contributed by atoms with E-state index in [4.69, 9.17) is 4.74 Å². The van der Waals surface area contributed by atoms with E-state index in [0.29, 0.717) is 19.1 Å². The van der Waals surface area contributed by atoms with Gasteiger partial charge in [-0.2, -0.15) is 0 Å². The van der Waals surface area contributed by atoms with Gasteiger partial charge in [-0.1, -0.05) is 36.4 Å². The first-order chi connectivity index (χ1) is 10.2. The highest BCUT2D eigenvalue weighted by molar-refractivity contribution is 5.73. The highest BCUT2D eigenvalue weighted by Crippen LogP contribution is 2.37. The predicted molar refractivity (Wildman–Crippen MR) is 82.3 cm³/mol. The average molecular weight is 281 g/mol. The van der Waals surface area contributed by atoms with Crippen molar-refractivity contribution in [2.75, 3.05) is 6.54 Å². The molecule has 1 aliphatic carbocycles. The quantitative estimate of drug-likeness (QED) is 0.914. The van der Waals surface area contributed by atoms with E-state index in [1.807, 2.05) is 24.3 Å². The maximum atomic E-state index is 11.0. The minimum atomic E-state index is 0.0277. The van der Waals surface area contributed by atoms with Gasteiger partial charge in [-0.25, -0.2) is 0 Å². The molecule has 0 aliphatic heterocycles. The summed E-state index contributed by atoms with van der Waals surface area (Å²) in [7, 11) is 0. The minimum Gasteiger partial charge on any atom is -0.489 e. The molecular formula is C18H19NO2. The molecule has 3 heteroatoms. The van der Waals surface area contributed by atoms with Crippen LogP contribution in [0.5, 0.6) is 5.75 Å². The first kappa shape index (κ1) is 13.7. The Morgan fingerprint density at radius 2 is 2.05 bits per heavy atom. The van der Waals surface area contributed by atoms with Crippen molar-refractivity contribution in [3.05, 3.63) is 65.2 Å². The zero-order valence-electron chi connectivity index (χ0n) is 12.1. The standard InChI is InChI=1S/C18H19NO2/c1-13(20)19-11-16-9-15-7-8-17(10-18(15)16)21-12-14-5-3-2-4-6-14/h2-8,10,16H,9,11-12H2,1H3,(H,19,20). The van der Waals surface area contributed by atoms with E-state index in [0.717, 1.165) is 17.7 Å². The van der Waals surface area contributed by atoms with Gasteiger partial charge >= 0.3 is 0 Å². The van der Waals surface area contributed by atoms with Crippen LogP contribution in [0.2, 0.25) is 0 Å². The molecule has 1 atom stereocenters.